The van der Waals surface area contributed by atoms with Crippen LogP contribution in [0.25, 0.3) is 0 Å². The fraction of sp³-hybridized carbons (Fsp3) is 0.500. The summed E-state index contributed by atoms with van der Waals surface area (Å²) in [6.45, 7) is 5.22. The number of likely N-dealkylation sites (N-methyl/N-ethyl adjacent to an activating group) is 1. The second-order valence-corrected chi connectivity index (χ2v) is 3.85. The van der Waals surface area contributed by atoms with Crippen molar-refractivity contribution >= 4 is 5.91 Å². The van der Waals surface area contributed by atoms with Crippen LogP contribution in [0.2, 0.25) is 0 Å². The van der Waals surface area contributed by atoms with Crippen molar-refractivity contribution in [3.63, 3.8) is 0 Å². The molecule has 0 bridgehead atoms. The summed E-state index contributed by atoms with van der Waals surface area (Å²) in [4.78, 5) is 13.6. The van der Waals surface area contributed by atoms with E-state index in [0.29, 0.717) is 30.3 Å². The number of amides is 1. The fourth-order valence-corrected chi connectivity index (χ4v) is 1.78. The van der Waals surface area contributed by atoms with E-state index in [0.717, 1.165) is 0 Å². The minimum absolute atomic E-state index is 0.00872. The van der Waals surface area contributed by atoms with Gasteiger partial charge in [-0.05, 0) is 26.0 Å². The SMILES string of the molecule is CCN(CC)C(=O)COc1cccc(OC)c1OC. The van der Waals surface area contributed by atoms with Gasteiger partial charge in [-0.15, -0.1) is 0 Å². The van der Waals surface area contributed by atoms with Crippen molar-refractivity contribution in [2.75, 3.05) is 33.9 Å². The van der Waals surface area contributed by atoms with Crippen molar-refractivity contribution in [3.05, 3.63) is 18.2 Å². The highest BCUT2D eigenvalue weighted by atomic mass is 16.5. The van der Waals surface area contributed by atoms with Crippen molar-refractivity contribution in [2.24, 2.45) is 0 Å². The standard InChI is InChI=1S/C14H21NO4/c1-5-15(6-2)13(16)10-19-12-9-7-8-11(17-3)14(12)18-4/h7-9H,5-6,10H2,1-4H3. The molecule has 0 saturated carbocycles. The zero-order valence-electron chi connectivity index (χ0n) is 11.9. The normalized spacial score (nSPS) is 9.89. The molecule has 0 aliphatic rings. The Hall–Kier alpha value is -1.91. The van der Waals surface area contributed by atoms with Crippen LogP contribution in [0, 0.1) is 0 Å². The van der Waals surface area contributed by atoms with Gasteiger partial charge in [0.15, 0.2) is 18.1 Å². The number of benzene rings is 1. The monoisotopic (exact) mass is 267 g/mol. The molecule has 0 aromatic heterocycles. The maximum atomic E-state index is 11.9. The third kappa shape index (κ3) is 3.77. The molecular weight excluding hydrogens is 246 g/mol. The number of rotatable bonds is 7. The molecular formula is C14H21NO4. The number of hydrogen-bond acceptors (Lipinski definition) is 4. The summed E-state index contributed by atoms with van der Waals surface area (Å²) in [5.74, 6) is 1.53. The molecule has 1 aromatic carbocycles. The lowest BCUT2D eigenvalue weighted by molar-refractivity contribution is -0.133. The summed E-state index contributed by atoms with van der Waals surface area (Å²) in [5, 5.41) is 0. The van der Waals surface area contributed by atoms with Gasteiger partial charge in [-0.3, -0.25) is 4.79 Å². The van der Waals surface area contributed by atoms with E-state index < -0.39 is 0 Å². The molecule has 19 heavy (non-hydrogen) atoms. The van der Waals surface area contributed by atoms with Crippen LogP contribution in [0.5, 0.6) is 17.2 Å². The second kappa shape index (κ2) is 7.51. The molecule has 0 radical (unpaired) electrons. The smallest absolute Gasteiger partial charge is 0.260 e. The Kier molecular flexibility index (Phi) is 5.99. The van der Waals surface area contributed by atoms with Crippen LogP contribution in [0.15, 0.2) is 18.2 Å². The molecule has 0 aliphatic heterocycles. The van der Waals surface area contributed by atoms with Gasteiger partial charge in [0.1, 0.15) is 0 Å². The highest BCUT2D eigenvalue weighted by Crippen LogP contribution is 2.36. The van der Waals surface area contributed by atoms with Gasteiger partial charge in [0.2, 0.25) is 5.75 Å². The number of methoxy groups -OCH3 is 2. The molecule has 0 unspecified atom stereocenters. The second-order valence-electron chi connectivity index (χ2n) is 3.85. The molecule has 106 valence electrons. The van der Waals surface area contributed by atoms with E-state index in [4.69, 9.17) is 14.2 Å². The summed E-state index contributed by atoms with van der Waals surface area (Å²) < 4.78 is 15.9. The van der Waals surface area contributed by atoms with E-state index in [2.05, 4.69) is 0 Å². The van der Waals surface area contributed by atoms with Gasteiger partial charge >= 0.3 is 0 Å². The van der Waals surface area contributed by atoms with Gasteiger partial charge in [0.25, 0.3) is 5.91 Å². The van der Waals surface area contributed by atoms with E-state index in [9.17, 15) is 4.79 Å². The van der Waals surface area contributed by atoms with Crippen LogP contribution in [0.3, 0.4) is 0 Å². The maximum absolute atomic E-state index is 11.9. The third-order valence-corrected chi connectivity index (χ3v) is 2.83. The molecule has 0 spiro atoms. The average Bonchev–Trinajstić information content (AvgIpc) is 2.45. The number of carbonyl (C=O) groups is 1. The summed E-state index contributed by atoms with van der Waals surface area (Å²) >= 11 is 0. The van der Waals surface area contributed by atoms with Gasteiger partial charge < -0.3 is 19.1 Å². The van der Waals surface area contributed by atoms with Crippen LogP contribution in [-0.4, -0.2) is 44.7 Å². The Morgan fingerprint density at radius 3 is 2.26 bits per heavy atom. The van der Waals surface area contributed by atoms with Crippen LogP contribution in [-0.2, 0) is 4.79 Å². The van der Waals surface area contributed by atoms with Crippen molar-refractivity contribution in [1.29, 1.82) is 0 Å². The molecule has 1 amide bonds. The first kappa shape index (κ1) is 15.1. The Morgan fingerprint density at radius 2 is 1.74 bits per heavy atom. The lowest BCUT2D eigenvalue weighted by atomic mass is 10.3. The highest BCUT2D eigenvalue weighted by Gasteiger charge is 2.14. The van der Waals surface area contributed by atoms with E-state index in [1.165, 1.54) is 7.11 Å². The number of nitrogens with zero attached hydrogens (tertiary/aromatic N) is 1. The molecule has 5 nitrogen and oxygen atoms in total. The molecule has 0 heterocycles. The minimum atomic E-state index is -0.0464. The minimum Gasteiger partial charge on any atom is -0.493 e. The van der Waals surface area contributed by atoms with Crippen LogP contribution in [0.4, 0.5) is 0 Å². The molecule has 1 rings (SSSR count). The maximum Gasteiger partial charge on any atom is 0.260 e. The van der Waals surface area contributed by atoms with Crippen LogP contribution < -0.4 is 14.2 Å². The summed E-state index contributed by atoms with van der Waals surface area (Å²) in [5.41, 5.74) is 0. The van der Waals surface area contributed by atoms with Gasteiger partial charge in [-0.1, -0.05) is 6.07 Å². The molecule has 0 saturated heterocycles. The number of para-hydroxylation sites is 1. The van der Waals surface area contributed by atoms with Gasteiger partial charge in [-0.2, -0.15) is 0 Å². The highest BCUT2D eigenvalue weighted by molar-refractivity contribution is 5.77. The summed E-state index contributed by atoms with van der Waals surface area (Å²) in [6.07, 6.45) is 0. The zero-order chi connectivity index (χ0) is 14.3. The molecule has 0 N–H and O–H groups in total. The molecule has 1 aromatic rings. The third-order valence-electron chi connectivity index (χ3n) is 2.83. The Morgan fingerprint density at radius 1 is 1.11 bits per heavy atom. The average molecular weight is 267 g/mol. The predicted octanol–water partition coefficient (Wildman–Crippen LogP) is 1.95. The van der Waals surface area contributed by atoms with Gasteiger partial charge in [-0.25, -0.2) is 0 Å². The lowest BCUT2D eigenvalue weighted by Gasteiger charge is -2.19. The number of carbonyl (C=O) groups excluding carboxylic acids is 1. The van der Waals surface area contributed by atoms with Crippen molar-refractivity contribution < 1.29 is 19.0 Å². The Bertz CT molecular complexity index is 416. The largest absolute Gasteiger partial charge is 0.493 e. The molecule has 0 atom stereocenters. The molecule has 0 fully saturated rings. The lowest BCUT2D eigenvalue weighted by Crippen LogP contribution is -2.34. The zero-order valence-corrected chi connectivity index (χ0v) is 11.9. The van der Waals surface area contributed by atoms with Crippen LogP contribution >= 0.6 is 0 Å². The van der Waals surface area contributed by atoms with E-state index in [-0.39, 0.29) is 12.5 Å². The molecule has 5 heteroatoms. The van der Waals surface area contributed by atoms with Crippen molar-refractivity contribution in [3.8, 4) is 17.2 Å². The first-order valence-electron chi connectivity index (χ1n) is 6.29. The summed E-state index contributed by atoms with van der Waals surface area (Å²) in [6, 6.07) is 5.31. The topological polar surface area (TPSA) is 48.0 Å². The number of ether oxygens (including phenoxy) is 3. The first-order valence-corrected chi connectivity index (χ1v) is 6.29. The Labute approximate surface area is 114 Å². The first-order chi connectivity index (χ1) is 9.17. The quantitative estimate of drug-likeness (QED) is 0.757. The van der Waals surface area contributed by atoms with E-state index in [1.807, 2.05) is 13.8 Å². The number of hydrogen-bond donors (Lipinski definition) is 0. The van der Waals surface area contributed by atoms with Crippen molar-refractivity contribution in [2.45, 2.75) is 13.8 Å². The van der Waals surface area contributed by atoms with Crippen LogP contribution in [0.1, 0.15) is 13.8 Å². The van der Waals surface area contributed by atoms with Crippen molar-refractivity contribution in [1.82, 2.24) is 4.90 Å². The predicted molar refractivity (Wildman–Crippen MR) is 73.0 cm³/mol. The van der Waals surface area contributed by atoms with E-state index >= 15 is 0 Å². The van der Waals surface area contributed by atoms with Gasteiger partial charge in [0.05, 0.1) is 14.2 Å². The van der Waals surface area contributed by atoms with Gasteiger partial charge in [0, 0.05) is 13.1 Å². The molecule has 0 aliphatic carbocycles. The fourth-order valence-electron chi connectivity index (χ4n) is 1.78. The van der Waals surface area contributed by atoms with E-state index in [1.54, 1.807) is 30.2 Å². The summed E-state index contributed by atoms with van der Waals surface area (Å²) in [7, 11) is 3.10. The Balaban J connectivity index is 2.75.